The van der Waals surface area contributed by atoms with Gasteiger partial charge in [0, 0.05) is 56.7 Å². The molecule has 0 radical (unpaired) electrons. The molecule has 6 rings (SSSR count). The summed E-state index contributed by atoms with van der Waals surface area (Å²) in [5.41, 5.74) is 3.00. The van der Waals surface area contributed by atoms with Crippen LogP contribution in [-0.2, 0) is 22.4 Å². The van der Waals surface area contributed by atoms with Crippen molar-refractivity contribution in [2.45, 2.75) is 169 Å². The molecule has 63 heavy (non-hydrogen) atoms. The van der Waals surface area contributed by atoms with Crippen LogP contribution in [0.1, 0.15) is 167 Å². The van der Waals surface area contributed by atoms with Crippen LogP contribution in [0.25, 0.3) is 30.0 Å². The van der Waals surface area contributed by atoms with Crippen LogP contribution in [0.15, 0.2) is 120 Å². The van der Waals surface area contributed by atoms with Crippen molar-refractivity contribution < 1.29 is 36.8 Å². The molecule has 0 amide bonds. The Morgan fingerprint density at radius 1 is 0.444 bits per heavy atom. The van der Waals surface area contributed by atoms with E-state index in [1.54, 1.807) is 0 Å². The van der Waals surface area contributed by atoms with E-state index in [9.17, 15) is 0 Å². The second-order valence-corrected chi connectivity index (χ2v) is 20.2. The predicted molar refractivity (Wildman–Crippen MR) is 271 cm³/mol. The van der Waals surface area contributed by atoms with Crippen LogP contribution in [0, 0.1) is 0 Å². The van der Waals surface area contributed by atoms with E-state index in [0.717, 1.165) is 13.8 Å². The molecule has 0 aliphatic rings. The first-order valence-electron chi connectivity index (χ1n) is 23.8. The number of unbranched alkanes of at least 4 members (excludes halogenated alkanes) is 18. The molecule has 2 unspecified atom stereocenters. The Hall–Kier alpha value is -3.78. The zero-order valence-electron chi connectivity index (χ0n) is 39.0. The van der Waals surface area contributed by atoms with Crippen molar-refractivity contribution in [2.75, 3.05) is 0 Å². The minimum Gasteiger partial charge on any atom is -1.00 e. The third-order valence-corrected chi connectivity index (χ3v) is 15.1. The monoisotopic (exact) mass is 956 g/mol. The van der Waals surface area contributed by atoms with E-state index in [1.807, 2.05) is 0 Å². The number of rotatable bonds is 24. The number of carbonyl (C=O) groups excluding carboxylic acids is 1. The Balaban J connectivity index is 0.000000365. The van der Waals surface area contributed by atoms with Crippen LogP contribution in [-0.4, -0.2) is 17.0 Å². The summed E-state index contributed by atoms with van der Waals surface area (Å²) in [7, 11) is 0.262. The minimum atomic E-state index is -1.08. The van der Waals surface area contributed by atoms with E-state index in [4.69, 9.17) is 19.8 Å². The Morgan fingerprint density at radius 3 is 1.02 bits per heavy atom. The molecule has 0 saturated heterocycles. The molecule has 0 bridgehead atoms. The van der Waals surface area contributed by atoms with Gasteiger partial charge in [0.25, 0.3) is 5.97 Å². The Labute approximate surface area is 397 Å². The van der Waals surface area contributed by atoms with Gasteiger partial charge in [0.1, 0.15) is 10.8 Å². The van der Waals surface area contributed by atoms with Crippen molar-refractivity contribution >= 4 is 53.1 Å². The van der Waals surface area contributed by atoms with E-state index in [-0.39, 0.29) is 37.9 Å². The predicted octanol–water partition coefficient (Wildman–Crippen LogP) is 13.9. The minimum absolute atomic E-state index is 0. The lowest BCUT2D eigenvalue weighted by Crippen LogP contribution is -3.00. The zero-order chi connectivity index (χ0) is 44.6. The Bertz CT molecular complexity index is 1910. The van der Waals surface area contributed by atoms with Crippen LogP contribution in [0.3, 0.4) is 0 Å². The van der Waals surface area contributed by atoms with Gasteiger partial charge in [0.15, 0.2) is 19.2 Å². The van der Waals surface area contributed by atoms with Gasteiger partial charge >= 0.3 is 0 Å². The summed E-state index contributed by atoms with van der Waals surface area (Å²) in [4.78, 5) is 20.8. The maximum absolute atomic E-state index is 9.00. The number of halogens is 1. The van der Waals surface area contributed by atoms with Gasteiger partial charge in [0.05, 0.1) is 0 Å². The van der Waals surface area contributed by atoms with Crippen molar-refractivity contribution in [1.82, 2.24) is 0 Å². The molecule has 0 saturated carbocycles. The Kier molecular flexibility index (Phi) is 30.4. The standard InChI is InChI=1S/2C26H35S.2C2H4O2.BrH/c2*1-2-3-4-5-6-7-8-9-10-11-14-23-17-19-25(20-18-23)27-22-21-24-15-12-13-16-26(24)27;2*1-2(3)4;/h2*12-13,15-22H,2-11,14H2,1H3;2*1H3,(H,3,4);1H/q2*+1;;;/p-2. The fraction of sp³-hybridized carbons (Fsp3) is 0.464. The number of carbonyl (C=O) groups is 2. The molecule has 2 heterocycles. The summed E-state index contributed by atoms with van der Waals surface area (Å²) in [6.45, 7) is 6.64. The Morgan fingerprint density at radius 2 is 0.714 bits per heavy atom. The topological polar surface area (TPSA) is 77.4 Å². The third-order valence-electron chi connectivity index (χ3n) is 11.1. The molecule has 4 aromatic carbocycles. The van der Waals surface area contributed by atoms with E-state index >= 15 is 0 Å². The smallest absolute Gasteiger partial charge is 0.300 e. The van der Waals surface area contributed by atoms with Crippen molar-refractivity contribution in [3.8, 4) is 9.79 Å². The lowest BCUT2D eigenvalue weighted by atomic mass is 10.0. The molecule has 0 spiro atoms. The highest BCUT2D eigenvalue weighted by atomic mass is 79.9. The number of carboxylic acids is 2. The van der Waals surface area contributed by atoms with Crippen molar-refractivity contribution in [1.29, 1.82) is 0 Å². The van der Waals surface area contributed by atoms with Gasteiger partial charge in [-0.25, -0.2) is 0 Å². The van der Waals surface area contributed by atoms with Gasteiger partial charge in [-0.1, -0.05) is 178 Å². The lowest BCUT2D eigenvalue weighted by Gasteiger charge is -2.03. The quantitative estimate of drug-likeness (QED) is 0.0484. The van der Waals surface area contributed by atoms with Gasteiger partial charge in [-0.15, -0.1) is 0 Å². The molecular formula is C56H77BrO4S2. The first kappa shape index (κ1) is 55.4. The van der Waals surface area contributed by atoms with Gasteiger partial charge in [0.2, 0.25) is 0 Å². The molecule has 6 aromatic rings. The van der Waals surface area contributed by atoms with Crippen LogP contribution in [0.4, 0.5) is 0 Å². The molecule has 4 nitrogen and oxygen atoms in total. The van der Waals surface area contributed by atoms with Crippen molar-refractivity contribution in [3.05, 3.63) is 131 Å². The second kappa shape index (κ2) is 34.6. The van der Waals surface area contributed by atoms with Crippen LogP contribution in [0.2, 0.25) is 0 Å². The zero-order valence-corrected chi connectivity index (χ0v) is 42.2. The number of carboxylic acid groups (broad SMARTS) is 2. The van der Waals surface area contributed by atoms with E-state index in [1.165, 1.54) is 182 Å². The van der Waals surface area contributed by atoms with E-state index in [2.05, 4.69) is 134 Å². The van der Waals surface area contributed by atoms with Crippen LogP contribution >= 0.6 is 20.9 Å². The number of hydrogen-bond donors (Lipinski definition) is 1. The second-order valence-electron chi connectivity index (χ2n) is 16.5. The summed E-state index contributed by atoms with van der Waals surface area (Å²) in [6, 6.07) is 40.9. The van der Waals surface area contributed by atoms with Gasteiger partial charge < -0.3 is 32.0 Å². The summed E-state index contributed by atoms with van der Waals surface area (Å²) in [5.74, 6) is -1.92. The molecule has 0 aliphatic heterocycles. The van der Waals surface area contributed by atoms with Crippen LogP contribution in [0.5, 0.6) is 0 Å². The largest absolute Gasteiger partial charge is 1.00 e. The number of thiophene rings is 2. The highest BCUT2D eigenvalue weighted by Crippen LogP contribution is 2.40. The lowest BCUT2D eigenvalue weighted by molar-refractivity contribution is -0.302. The van der Waals surface area contributed by atoms with E-state index in [0.29, 0.717) is 0 Å². The van der Waals surface area contributed by atoms with Gasteiger partial charge in [-0.2, -0.15) is 0 Å². The fourth-order valence-corrected chi connectivity index (χ4v) is 11.5. The number of benzene rings is 4. The molecular weight excluding hydrogens is 881 g/mol. The number of fused-ring (bicyclic) bond motifs is 2. The van der Waals surface area contributed by atoms with Gasteiger partial charge in [-0.3, -0.25) is 4.79 Å². The maximum Gasteiger partial charge on any atom is 0.300 e. The molecule has 2 aromatic heterocycles. The number of aliphatic carboxylic acids is 2. The molecule has 0 aliphatic carbocycles. The SMILES string of the molecule is CC(=O)O.CC(=O)[O-].CCCCCCCCCCCCc1ccc(-[s+]2ccc3ccccc32)cc1.CCCCCCCCCCCCc1ccc(-[s+]2ccc3ccccc32)cc1.[Br-]. The number of hydrogen-bond acceptors (Lipinski definition) is 3. The first-order valence-corrected chi connectivity index (χ1v) is 26.4. The highest BCUT2D eigenvalue weighted by Gasteiger charge is 2.16. The normalized spacial score (nSPS) is 11.0. The van der Waals surface area contributed by atoms with Crippen molar-refractivity contribution in [2.24, 2.45) is 0 Å². The summed E-state index contributed by atoms with van der Waals surface area (Å²) in [5, 5.41) is 23.8. The summed E-state index contributed by atoms with van der Waals surface area (Å²) < 4.78 is 2.94. The summed E-state index contributed by atoms with van der Waals surface area (Å²) >= 11 is 0. The van der Waals surface area contributed by atoms with Crippen LogP contribution < -0.4 is 22.1 Å². The first-order chi connectivity index (χ1) is 30.2. The summed E-state index contributed by atoms with van der Waals surface area (Å²) in [6.07, 6.45) is 30.7. The highest BCUT2D eigenvalue weighted by molar-refractivity contribution is 7.44. The molecule has 0 fully saturated rings. The molecule has 7 heteroatoms. The molecule has 1 N–H and O–H groups in total. The average molecular weight is 958 g/mol. The van der Waals surface area contributed by atoms with Crippen molar-refractivity contribution in [3.63, 3.8) is 0 Å². The van der Waals surface area contributed by atoms with E-state index < -0.39 is 11.9 Å². The third kappa shape index (κ3) is 23.6. The maximum atomic E-state index is 9.00. The number of aryl methyl sites for hydroxylation is 2. The fourth-order valence-electron chi connectivity index (χ4n) is 7.72. The average Bonchev–Trinajstić information content (AvgIpc) is 3.91. The van der Waals surface area contributed by atoms with Gasteiger partial charge in [-0.05, 0) is 92.3 Å². The molecule has 344 valence electrons. The molecule has 2 atom stereocenters.